The number of hydrogen-bond donors (Lipinski definition) is 1. The second kappa shape index (κ2) is 7.63. The summed E-state index contributed by atoms with van der Waals surface area (Å²) in [6.45, 7) is 1.95. The van der Waals surface area contributed by atoms with Crippen LogP contribution in [0.5, 0.6) is 0 Å². The van der Waals surface area contributed by atoms with Crippen LogP contribution in [0.15, 0.2) is 79.0 Å². The topological polar surface area (TPSA) is 42.0 Å². The van der Waals surface area contributed by atoms with Crippen molar-refractivity contribution in [2.45, 2.75) is 13.1 Å². The van der Waals surface area contributed by atoms with Crippen molar-refractivity contribution in [1.29, 1.82) is 0 Å². The molecule has 4 aromatic rings. The lowest BCUT2D eigenvalue weighted by atomic mass is 9.98. The molecule has 30 heavy (non-hydrogen) atoms. The highest BCUT2D eigenvalue weighted by Gasteiger charge is 2.30. The van der Waals surface area contributed by atoms with Gasteiger partial charge in [0, 0.05) is 22.8 Å². The third-order valence-corrected chi connectivity index (χ3v) is 4.86. The Kier molecular flexibility index (Phi) is 4.99. The first kappa shape index (κ1) is 19.6. The molecule has 6 heteroatoms. The van der Waals surface area contributed by atoms with Gasteiger partial charge in [0.1, 0.15) is 0 Å². The molecule has 0 bridgehead atoms. The average Bonchev–Trinajstić information content (AvgIpc) is 2.74. The molecule has 150 valence electrons. The van der Waals surface area contributed by atoms with Gasteiger partial charge in [-0.05, 0) is 66.1 Å². The Morgan fingerprint density at radius 3 is 2.57 bits per heavy atom. The number of aromatic nitrogens is 1. The van der Waals surface area contributed by atoms with Crippen LogP contribution in [0.3, 0.4) is 0 Å². The highest BCUT2D eigenvalue weighted by atomic mass is 19.4. The van der Waals surface area contributed by atoms with Gasteiger partial charge < -0.3 is 5.32 Å². The van der Waals surface area contributed by atoms with Crippen LogP contribution in [0.1, 0.15) is 21.5 Å². The molecule has 0 atom stereocenters. The molecular formula is C24H17F3N2O. The number of aryl methyl sites for hydroxylation is 1. The number of benzene rings is 3. The number of nitrogens with zero attached hydrogens (tertiary/aromatic N) is 1. The van der Waals surface area contributed by atoms with Crippen molar-refractivity contribution >= 4 is 22.5 Å². The van der Waals surface area contributed by atoms with E-state index in [0.717, 1.165) is 39.7 Å². The SMILES string of the molecule is Cc1ccc(NC(=O)c2cccc(C(F)(F)F)c2)cc1-c1ccc2cccnc2c1. The average molecular weight is 406 g/mol. The number of halogens is 3. The summed E-state index contributed by atoms with van der Waals surface area (Å²) in [5.74, 6) is -0.601. The third-order valence-electron chi connectivity index (χ3n) is 4.86. The number of alkyl halides is 3. The molecule has 0 radical (unpaired) electrons. The number of nitrogens with one attached hydrogen (secondary N) is 1. The minimum Gasteiger partial charge on any atom is -0.322 e. The van der Waals surface area contributed by atoms with Gasteiger partial charge in [-0.2, -0.15) is 13.2 Å². The molecule has 1 aromatic heterocycles. The first-order valence-corrected chi connectivity index (χ1v) is 9.26. The maximum atomic E-state index is 12.9. The Morgan fingerprint density at radius 1 is 0.933 bits per heavy atom. The normalized spacial score (nSPS) is 11.5. The molecule has 0 saturated heterocycles. The van der Waals surface area contributed by atoms with Crippen molar-refractivity contribution in [2.24, 2.45) is 0 Å². The van der Waals surface area contributed by atoms with Crippen LogP contribution < -0.4 is 5.32 Å². The fourth-order valence-corrected chi connectivity index (χ4v) is 3.28. The van der Waals surface area contributed by atoms with Crippen molar-refractivity contribution in [2.75, 3.05) is 5.32 Å². The van der Waals surface area contributed by atoms with Crippen LogP contribution in [0, 0.1) is 6.92 Å². The van der Waals surface area contributed by atoms with Gasteiger partial charge in [-0.25, -0.2) is 0 Å². The van der Waals surface area contributed by atoms with Gasteiger partial charge >= 0.3 is 6.18 Å². The Morgan fingerprint density at radius 2 is 1.77 bits per heavy atom. The molecule has 0 unspecified atom stereocenters. The van der Waals surface area contributed by atoms with Gasteiger partial charge in [-0.1, -0.05) is 30.3 Å². The number of rotatable bonds is 3. The van der Waals surface area contributed by atoms with Crippen LogP contribution in [0.25, 0.3) is 22.0 Å². The minimum atomic E-state index is -4.50. The molecule has 1 amide bonds. The Labute approximate surface area is 171 Å². The van der Waals surface area contributed by atoms with Gasteiger partial charge in [0.15, 0.2) is 0 Å². The molecule has 0 aliphatic carbocycles. The van der Waals surface area contributed by atoms with Gasteiger partial charge in [-0.3, -0.25) is 9.78 Å². The second-order valence-corrected chi connectivity index (χ2v) is 6.97. The van der Waals surface area contributed by atoms with E-state index in [-0.39, 0.29) is 5.56 Å². The maximum Gasteiger partial charge on any atom is 0.416 e. The molecule has 4 rings (SSSR count). The van der Waals surface area contributed by atoms with Crippen molar-refractivity contribution in [3.05, 3.63) is 95.7 Å². The van der Waals surface area contributed by atoms with Crippen molar-refractivity contribution in [1.82, 2.24) is 4.98 Å². The minimum absolute atomic E-state index is 0.0538. The number of amides is 1. The first-order valence-electron chi connectivity index (χ1n) is 9.26. The third kappa shape index (κ3) is 4.03. The Hall–Kier alpha value is -3.67. The molecule has 1 N–H and O–H groups in total. The molecule has 3 aromatic carbocycles. The summed E-state index contributed by atoms with van der Waals surface area (Å²) in [5, 5.41) is 3.71. The van der Waals surface area contributed by atoms with E-state index in [1.165, 1.54) is 12.1 Å². The van der Waals surface area contributed by atoms with E-state index in [2.05, 4.69) is 10.3 Å². The molecule has 1 heterocycles. The zero-order valence-corrected chi connectivity index (χ0v) is 16.0. The van der Waals surface area contributed by atoms with Crippen molar-refractivity contribution in [3.63, 3.8) is 0 Å². The van der Waals surface area contributed by atoms with Crippen molar-refractivity contribution in [3.8, 4) is 11.1 Å². The summed E-state index contributed by atoms with van der Waals surface area (Å²) in [5.41, 5.74) is 3.29. The molecule has 0 spiro atoms. The number of carbonyl (C=O) groups is 1. The maximum absolute atomic E-state index is 12.9. The summed E-state index contributed by atoms with van der Waals surface area (Å²) >= 11 is 0. The number of carbonyl (C=O) groups excluding carboxylic acids is 1. The van der Waals surface area contributed by atoms with Crippen LogP contribution in [-0.4, -0.2) is 10.9 Å². The lowest BCUT2D eigenvalue weighted by Gasteiger charge is -2.12. The molecule has 3 nitrogen and oxygen atoms in total. The van der Waals surface area contributed by atoms with E-state index in [1.807, 2.05) is 49.4 Å². The zero-order chi connectivity index (χ0) is 21.3. The van der Waals surface area contributed by atoms with E-state index in [1.54, 1.807) is 12.3 Å². The van der Waals surface area contributed by atoms with E-state index in [4.69, 9.17) is 0 Å². The first-order chi connectivity index (χ1) is 14.3. The zero-order valence-electron chi connectivity index (χ0n) is 16.0. The number of pyridine rings is 1. The smallest absolute Gasteiger partial charge is 0.322 e. The predicted molar refractivity (Wildman–Crippen MR) is 111 cm³/mol. The Balaban J connectivity index is 1.64. The molecule has 0 saturated carbocycles. The van der Waals surface area contributed by atoms with Crippen LogP contribution in [0.2, 0.25) is 0 Å². The van der Waals surface area contributed by atoms with Gasteiger partial charge in [0.05, 0.1) is 11.1 Å². The highest BCUT2D eigenvalue weighted by molar-refractivity contribution is 6.04. The van der Waals surface area contributed by atoms with E-state index >= 15 is 0 Å². The van der Waals surface area contributed by atoms with Gasteiger partial charge in [-0.15, -0.1) is 0 Å². The van der Waals surface area contributed by atoms with E-state index in [0.29, 0.717) is 5.69 Å². The number of fused-ring (bicyclic) bond motifs is 1. The Bertz CT molecular complexity index is 1250. The molecule has 0 aliphatic heterocycles. The quantitative estimate of drug-likeness (QED) is 0.423. The summed E-state index contributed by atoms with van der Waals surface area (Å²) in [4.78, 5) is 16.9. The largest absolute Gasteiger partial charge is 0.416 e. The second-order valence-electron chi connectivity index (χ2n) is 6.97. The molecule has 0 aliphatic rings. The fourth-order valence-electron chi connectivity index (χ4n) is 3.28. The van der Waals surface area contributed by atoms with Gasteiger partial charge in [0.25, 0.3) is 5.91 Å². The summed E-state index contributed by atoms with van der Waals surface area (Å²) < 4.78 is 38.8. The molecular weight excluding hydrogens is 389 g/mol. The van der Waals surface area contributed by atoms with Crippen molar-refractivity contribution < 1.29 is 18.0 Å². The predicted octanol–water partition coefficient (Wildman–Crippen LogP) is 6.48. The lowest BCUT2D eigenvalue weighted by molar-refractivity contribution is -0.137. The standard InChI is InChI=1S/C24H17F3N2O/c1-15-7-10-20(29-23(30)18-4-2-6-19(12-18)24(25,26)27)14-21(15)17-9-8-16-5-3-11-28-22(16)13-17/h2-14H,1H3,(H,29,30). The van der Waals surface area contributed by atoms with E-state index < -0.39 is 17.6 Å². The number of anilines is 1. The summed E-state index contributed by atoms with van der Waals surface area (Å²) in [7, 11) is 0. The van der Waals surface area contributed by atoms with Gasteiger partial charge in [0.2, 0.25) is 0 Å². The fraction of sp³-hybridized carbons (Fsp3) is 0.0833. The number of hydrogen-bond acceptors (Lipinski definition) is 2. The van der Waals surface area contributed by atoms with E-state index in [9.17, 15) is 18.0 Å². The monoisotopic (exact) mass is 406 g/mol. The van der Waals surface area contributed by atoms with Crippen LogP contribution in [-0.2, 0) is 6.18 Å². The molecule has 0 fully saturated rings. The van der Waals surface area contributed by atoms with Crippen LogP contribution in [0.4, 0.5) is 18.9 Å². The summed E-state index contributed by atoms with van der Waals surface area (Å²) in [6.07, 6.45) is -2.78. The van der Waals surface area contributed by atoms with Crippen LogP contribution >= 0.6 is 0 Å². The lowest BCUT2D eigenvalue weighted by Crippen LogP contribution is -2.14. The highest BCUT2D eigenvalue weighted by Crippen LogP contribution is 2.31. The summed E-state index contributed by atoms with van der Waals surface area (Å²) in [6, 6.07) is 19.5.